The molecule has 1 aliphatic heterocycles. The Kier molecular flexibility index (Phi) is 6.21. The summed E-state index contributed by atoms with van der Waals surface area (Å²) in [5.41, 5.74) is 1.62. The number of rotatable bonds is 4. The molecular formula is C24H24N4O3. The van der Waals surface area contributed by atoms with E-state index >= 15 is 0 Å². The number of anilines is 1. The lowest BCUT2D eigenvalue weighted by Gasteiger charge is -2.23. The van der Waals surface area contributed by atoms with Crippen molar-refractivity contribution >= 4 is 17.7 Å². The van der Waals surface area contributed by atoms with Crippen LogP contribution in [0.3, 0.4) is 0 Å². The number of pyridine rings is 2. The van der Waals surface area contributed by atoms with Crippen molar-refractivity contribution in [3.05, 3.63) is 83.8 Å². The molecule has 0 atom stereocenters. The van der Waals surface area contributed by atoms with Crippen molar-refractivity contribution in [2.75, 3.05) is 31.1 Å². The first-order chi connectivity index (χ1) is 15.1. The Morgan fingerprint density at radius 3 is 2.55 bits per heavy atom. The number of nitrogens with zero attached hydrogens (tertiary/aromatic N) is 4. The van der Waals surface area contributed by atoms with Crippen LogP contribution >= 0.6 is 0 Å². The minimum absolute atomic E-state index is 0.143. The molecule has 4 rings (SSSR count). The van der Waals surface area contributed by atoms with E-state index in [0.717, 1.165) is 18.8 Å². The molecule has 0 N–H and O–H groups in total. The van der Waals surface area contributed by atoms with E-state index in [4.69, 9.17) is 4.74 Å². The lowest BCUT2D eigenvalue weighted by atomic mass is 10.1. The van der Waals surface area contributed by atoms with Gasteiger partial charge in [-0.2, -0.15) is 0 Å². The highest BCUT2D eigenvalue weighted by Gasteiger charge is 2.22. The molecule has 1 amide bonds. The van der Waals surface area contributed by atoms with Gasteiger partial charge in [-0.3, -0.25) is 9.78 Å². The Labute approximate surface area is 181 Å². The van der Waals surface area contributed by atoms with Crippen LogP contribution < -0.4 is 9.64 Å². The molecular weight excluding hydrogens is 392 g/mol. The SMILES string of the molecule is Cc1ncccc1C(=O)c1cccc(N2CCCN(C(=O)Oc3ccccc3)CC2)n1. The number of benzene rings is 1. The van der Waals surface area contributed by atoms with E-state index in [1.807, 2.05) is 37.3 Å². The molecule has 0 aliphatic carbocycles. The molecule has 7 heteroatoms. The second-order valence-electron chi connectivity index (χ2n) is 7.36. The van der Waals surface area contributed by atoms with Crippen LogP contribution in [-0.2, 0) is 0 Å². The summed E-state index contributed by atoms with van der Waals surface area (Å²) >= 11 is 0. The molecule has 1 saturated heterocycles. The summed E-state index contributed by atoms with van der Waals surface area (Å²) in [7, 11) is 0. The van der Waals surface area contributed by atoms with Crippen LogP contribution in [0.5, 0.6) is 5.75 Å². The van der Waals surface area contributed by atoms with E-state index in [9.17, 15) is 9.59 Å². The molecule has 158 valence electrons. The van der Waals surface area contributed by atoms with Crippen molar-refractivity contribution < 1.29 is 14.3 Å². The molecule has 3 heterocycles. The molecule has 0 spiro atoms. The van der Waals surface area contributed by atoms with E-state index < -0.39 is 0 Å². The standard InChI is InChI=1S/C24H24N4O3/c1-18-20(10-6-13-25-18)23(29)21-11-5-12-22(26-21)27-14-7-15-28(17-16-27)24(30)31-19-8-3-2-4-9-19/h2-6,8-13H,7,14-17H2,1H3. The third-order valence-electron chi connectivity index (χ3n) is 5.25. The van der Waals surface area contributed by atoms with Crippen LogP contribution in [0.15, 0.2) is 66.9 Å². The number of ketones is 1. The average molecular weight is 416 g/mol. The fourth-order valence-corrected chi connectivity index (χ4v) is 3.57. The van der Waals surface area contributed by atoms with Crippen LogP contribution in [0.25, 0.3) is 0 Å². The molecule has 7 nitrogen and oxygen atoms in total. The van der Waals surface area contributed by atoms with Gasteiger partial charge in [0, 0.05) is 43.6 Å². The van der Waals surface area contributed by atoms with Gasteiger partial charge in [0.15, 0.2) is 0 Å². The van der Waals surface area contributed by atoms with E-state index in [1.54, 1.807) is 41.4 Å². The first-order valence-electron chi connectivity index (χ1n) is 10.3. The maximum absolute atomic E-state index is 12.9. The molecule has 0 bridgehead atoms. The zero-order valence-corrected chi connectivity index (χ0v) is 17.4. The summed E-state index contributed by atoms with van der Waals surface area (Å²) in [4.78, 5) is 38.0. The Bertz CT molecular complexity index is 1070. The minimum Gasteiger partial charge on any atom is -0.410 e. The lowest BCUT2D eigenvalue weighted by molar-refractivity contribution is 0.103. The number of hydrogen-bond acceptors (Lipinski definition) is 6. The molecule has 1 aromatic carbocycles. The molecule has 0 saturated carbocycles. The highest BCUT2D eigenvalue weighted by Crippen LogP contribution is 2.18. The molecule has 0 unspecified atom stereocenters. The van der Waals surface area contributed by atoms with E-state index in [0.29, 0.717) is 42.3 Å². The van der Waals surface area contributed by atoms with Crippen molar-refractivity contribution in [3.8, 4) is 5.75 Å². The average Bonchev–Trinajstić information content (AvgIpc) is 3.06. The van der Waals surface area contributed by atoms with E-state index in [2.05, 4.69) is 14.9 Å². The van der Waals surface area contributed by atoms with Gasteiger partial charge in [0.2, 0.25) is 5.78 Å². The van der Waals surface area contributed by atoms with Crippen LogP contribution in [0.2, 0.25) is 0 Å². The fourth-order valence-electron chi connectivity index (χ4n) is 3.57. The number of ether oxygens (including phenoxy) is 1. The summed E-state index contributed by atoms with van der Waals surface area (Å²) in [6.07, 6.45) is 2.10. The Morgan fingerprint density at radius 2 is 1.74 bits per heavy atom. The number of para-hydroxylation sites is 1. The predicted molar refractivity (Wildman–Crippen MR) is 118 cm³/mol. The zero-order valence-electron chi connectivity index (χ0n) is 17.4. The Hall–Kier alpha value is -3.74. The summed E-state index contributed by atoms with van der Waals surface area (Å²) < 4.78 is 5.46. The smallest absolute Gasteiger partial charge is 0.410 e. The molecule has 1 fully saturated rings. The van der Waals surface area contributed by atoms with Crippen molar-refractivity contribution in [2.45, 2.75) is 13.3 Å². The van der Waals surface area contributed by atoms with Gasteiger partial charge in [-0.15, -0.1) is 0 Å². The Balaban J connectivity index is 1.44. The number of carbonyl (C=O) groups excluding carboxylic acids is 2. The predicted octanol–water partition coefficient (Wildman–Crippen LogP) is 3.73. The van der Waals surface area contributed by atoms with Crippen LogP contribution in [0, 0.1) is 6.92 Å². The molecule has 2 aromatic heterocycles. The van der Waals surface area contributed by atoms with Crippen molar-refractivity contribution in [2.24, 2.45) is 0 Å². The monoisotopic (exact) mass is 416 g/mol. The molecule has 0 radical (unpaired) electrons. The minimum atomic E-state index is -0.350. The van der Waals surface area contributed by atoms with Gasteiger partial charge in [-0.25, -0.2) is 9.78 Å². The number of carbonyl (C=O) groups is 2. The zero-order chi connectivity index (χ0) is 21.6. The topological polar surface area (TPSA) is 75.6 Å². The summed E-state index contributed by atoms with van der Waals surface area (Å²) in [5.74, 6) is 1.12. The normalized spacial score (nSPS) is 14.1. The van der Waals surface area contributed by atoms with Crippen molar-refractivity contribution in [3.63, 3.8) is 0 Å². The molecule has 1 aliphatic rings. The fraction of sp³-hybridized carbons (Fsp3) is 0.250. The van der Waals surface area contributed by atoms with E-state index in [-0.39, 0.29) is 11.9 Å². The highest BCUT2D eigenvalue weighted by molar-refractivity contribution is 6.08. The van der Waals surface area contributed by atoms with Crippen LogP contribution in [0.4, 0.5) is 10.6 Å². The lowest BCUT2D eigenvalue weighted by Crippen LogP contribution is -2.37. The third kappa shape index (κ3) is 4.88. The number of aromatic nitrogens is 2. The second kappa shape index (κ2) is 9.38. The van der Waals surface area contributed by atoms with Gasteiger partial charge < -0.3 is 14.5 Å². The first kappa shape index (κ1) is 20.5. The van der Waals surface area contributed by atoms with Crippen molar-refractivity contribution in [1.29, 1.82) is 0 Å². The summed E-state index contributed by atoms with van der Waals surface area (Å²) in [5, 5.41) is 0. The largest absolute Gasteiger partial charge is 0.415 e. The molecule has 31 heavy (non-hydrogen) atoms. The van der Waals surface area contributed by atoms with Crippen molar-refractivity contribution in [1.82, 2.24) is 14.9 Å². The number of amides is 1. The van der Waals surface area contributed by atoms with E-state index in [1.165, 1.54) is 0 Å². The maximum atomic E-state index is 12.9. The molecule has 3 aromatic rings. The van der Waals surface area contributed by atoms with Gasteiger partial charge in [-0.05, 0) is 49.7 Å². The van der Waals surface area contributed by atoms with Crippen LogP contribution in [-0.4, -0.2) is 52.9 Å². The Morgan fingerprint density at radius 1 is 0.903 bits per heavy atom. The number of aryl methyl sites for hydroxylation is 1. The third-order valence-corrected chi connectivity index (χ3v) is 5.25. The summed E-state index contributed by atoms with van der Waals surface area (Å²) in [6.45, 7) is 4.30. The number of hydrogen-bond donors (Lipinski definition) is 0. The van der Waals surface area contributed by atoms with Gasteiger partial charge in [-0.1, -0.05) is 24.3 Å². The van der Waals surface area contributed by atoms with Gasteiger partial charge in [0.05, 0.1) is 0 Å². The van der Waals surface area contributed by atoms with Gasteiger partial charge >= 0.3 is 6.09 Å². The quantitative estimate of drug-likeness (QED) is 0.604. The van der Waals surface area contributed by atoms with Gasteiger partial charge in [0.1, 0.15) is 17.3 Å². The van der Waals surface area contributed by atoms with Crippen LogP contribution in [0.1, 0.15) is 28.2 Å². The maximum Gasteiger partial charge on any atom is 0.415 e. The summed E-state index contributed by atoms with van der Waals surface area (Å²) in [6, 6.07) is 18.0. The highest BCUT2D eigenvalue weighted by atomic mass is 16.6. The second-order valence-corrected chi connectivity index (χ2v) is 7.36. The van der Waals surface area contributed by atoms with Gasteiger partial charge in [0.25, 0.3) is 0 Å². The first-order valence-corrected chi connectivity index (χ1v) is 10.3.